The van der Waals surface area contributed by atoms with Gasteiger partial charge in [0, 0.05) is 44.6 Å². The Morgan fingerprint density at radius 2 is 1.97 bits per heavy atom. The lowest BCUT2D eigenvalue weighted by Gasteiger charge is -2.34. The maximum Gasteiger partial charge on any atom is 0.274 e. The van der Waals surface area contributed by atoms with Gasteiger partial charge < -0.3 is 25.6 Å². The van der Waals surface area contributed by atoms with Gasteiger partial charge in [0.05, 0.1) is 11.5 Å². The number of piperidine rings is 1. The van der Waals surface area contributed by atoms with Crippen molar-refractivity contribution in [3.63, 3.8) is 0 Å². The molecular weight excluding hydrogens is 446 g/mol. The van der Waals surface area contributed by atoms with Crippen molar-refractivity contribution in [2.75, 3.05) is 19.6 Å². The molecule has 2 aliphatic rings. The quantitative estimate of drug-likeness (QED) is 0.539. The predicted molar refractivity (Wildman–Crippen MR) is 119 cm³/mol. The Hall–Kier alpha value is -3.01. The molecular formula is C24H30F2N4O4. The second kappa shape index (κ2) is 9.69. The molecule has 0 unspecified atom stereocenters. The molecule has 1 aromatic carbocycles. The third-order valence-corrected chi connectivity index (χ3v) is 6.53. The summed E-state index contributed by atoms with van der Waals surface area (Å²) in [7, 11) is 0. The van der Waals surface area contributed by atoms with Crippen molar-refractivity contribution in [2.24, 2.45) is 11.7 Å². The normalized spacial score (nSPS) is 18.1. The molecule has 184 valence electrons. The van der Waals surface area contributed by atoms with Gasteiger partial charge in [0.2, 0.25) is 5.91 Å². The lowest BCUT2D eigenvalue weighted by Crippen LogP contribution is -2.49. The number of amides is 2. The molecule has 0 spiro atoms. The number of nitrogens with one attached hydrogen (secondary N) is 1. The molecule has 0 radical (unpaired) electrons. The van der Waals surface area contributed by atoms with Gasteiger partial charge in [-0.05, 0) is 49.8 Å². The number of likely N-dealkylation sites (tertiary alicyclic amines) is 1. The zero-order chi connectivity index (χ0) is 24.5. The SMILES string of the molecule is CC(F)(F)c1cc(C[C@@H](CN)C(=O)N2CCC(NC(=O)c3cc(C4CC4)on3)CC2)ccc1O. The van der Waals surface area contributed by atoms with Crippen LogP contribution in [0.2, 0.25) is 0 Å². The summed E-state index contributed by atoms with van der Waals surface area (Å²) in [5.74, 6) is -3.53. The van der Waals surface area contributed by atoms with E-state index in [1.54, 1.807) is 11.0 Å². The molecule has 1 aliphatic carbocycles. The molecule has 1 aliphatic heterocycles. The minimum atomic E-state index is -3.19. The average molecular weight is 477 g/mol. The minimum Gasteiger partial charge on any atom is -0.507 e. The lowest BCUT2D eigenvalue weighted by atomic mass is 9.94. The maximum absolute atomic E-state index is 13.7. The number of rotatable bonds is 8. The van der Waals surface area contributed by atoms with E-state index in [-0.39, 0.29) is 36.5 Å². The minimum absolute atomic E-state index is 0.0731. The number of alkyl halides is 2. The molecule has 4 rings (SSSR count). The highest BCUT2D eigenvalue weighted by Crippen LogP contribution is 2.40. The van der Waals surface area contributed by atoms with Crippen molar-refractivity contribution in [2.45, 2.75) is 56.9 Å². The molecule has 1 aromatic heterocycles. The zero-order valence-electron chi connectivity index (χ0n) is 19.1. The van der Waals surface area contributed by atoms with Gasteiger partial charge in [0.15, 0.2) is 5.69 Å². The zero-order valence-corrected chi connectivity index (χ0v) is 19.1. The molecule has 1 saturated heterocycles. The van der Waals surface area contributed by atoms with Crippen LogP contribution in [-0.4, -0.2) is 52.7 Å². The molecule has 2 heterocycles. The van der Waals surface area contributed by atoms with E-state index in [0.29, 0.717) is 37.4 Å². The monoisotopic (exact) mass is 476 g/mol. The number of halogens is 2. The van der Waals surface area contributed by atoms with Gasteiger partial charge in [-0.25, -0.2) is 8.78 Å². The Morgan fingerprint density at radius 3 is 2.59 bits per heavy atom. The highest BCUT2D eigenvalue weighted by molar-refractivity contribution is 5.92. The van der Waals surface area contributed by atoms with Crippen LogP contribution in [0.4, 0.5) is 8.78 Å². The van der Waals surface area contributed by atoms with Gasteiger partial charge >= 0.3 is 0 Å². The molecule has 0 bridgehead atoms. The van der Waals surface area contributed by atoms with Crippen molar-refractivity contribution < 1.29 is 28.0 Å². The highest BCUT2D eigenvalue weighted by Gasteiger charge is 2.32. The number of phenols is 1. The van der Waals surface area contributed by atoms with Crippen LogP contribution in [0.25, 0.3) is 0 Å². The first kappa shape index (κ1) is 24.1. The topological polar surface area (TPSA) is 122 Å². The van der Waals surface area contributed by atoms with Crippen LogP contribution in [0, 0.1) is 5.92 Å². The summed E-state index contributed by atoms with van der Waals surface area (Å²) < 4.78 is 32.7. The van der Waals surface area contributed by atoms with Crippen LogP contribution >= 0.6 is 0 Å². The van der Waals surface area contributed by atoms with E-state index in [0.717, 1.165) is 25.5 Å². The Balaban J connectivity index is 1.30. The van der Waals surface area contributed by atoms with Crippen molar-refractivity contribution in [1.29, 1.82) is 0 Å². The summed E-state index contributed by atoms with van der Waals surface area (Å²) in [5, 5.41) is 16.6. The number of carbonyl (C=O) groups is 2. The van der Waals surface area contributed by atoms with E-state index in [4.69, 9.17) is 10.3 Å². The summed E-state index contributed by atoms with van der Waals surface area (Å²) >= 11 is 0. The van der Waals surface area contributed by atoms with Crippen LogP contribution in [0.5, 0.6) is 5.75 Å². The van der Waals surface area contributed by atoms with E-state index < -0.39 is 23.2 Å². The molecule has 1 saturated carbocycles. The molecule has 8 nitrogen and oxygen atoms in total. The second-order valence-electron chi connectivity index (χ2n) is 9.34. The molecule has 34 heavy (non-hydrogen) atoms. The predicted octanol–water partition coefficient (Wildman–Crippen LogP) is 2.91. The van der Waals surface area contributed by atoms with Crippen LogP contribution in [0.3, 0.4) is 0 Å². The van der Waals surface area contributed by atoms with E-state index in [2.05, 4.69) is 10.5 Å². The largest absolute Gasteiger partial charge is 0.507 e. The second-order valence-corrected chi connectivity index (χ2v) is 9.34. The molecule has 1 atom stereocenters. The Morgan fingerprint density at radius 1 is 1.26 bits per heavy atom. The standard InChI is InChI=1S/C24H30F2N4O4/c1-24(25,26)18-11-14(2-5-20(18)31)10-16(13-27)23(33)30-8-6-17(7-9-30)28-22(32)19-12-21(34-29-19)15-3-4-15/h2,5,11-12,15-17,31H,3-4,6-10,13,27H2,1H3,(H,28,32)/t16-/m0/s1. The van der Waals surface area contributed by atoms with Crippen LogP contribution in [0.1, 0.15) is 65.9 Å². The third kappa shape index (κ3) is 5.55. The van der Waals surface area contributed by atoms with Crippen LogP contribution in [-0.2, 0) is 17.1 Å². The van der Waals surface area contributed by atoms with E-state index in [1.807, 2.05) is 0 Å². The van der Waals surface area contributed by atoms with Gasteiger partial charge in [-0.1, -0.05) is 11.2 Å². The number of nitrogens with two attached hydrogens (primary N) is 1. The molecule has 2 amide bonds. The Kier molecular flexibility index (Phi) is 6.88. The average Bonchev–Trinajstić information content (AvgIpc) is 3.54. The molecule has 2 aromatic rings. The number of phenolic OH excluding ortho intramolecular Hbond substituents is 1. The van der Waals surface area contributed by atoms with Gasteiger partial charge in [-0.3, -0.25) is 9.59 Å². The molecule has 4 N–H and O–H groups in total. The highest BCUT2D eigenvalue weighted by atomic mass is 19.3. The molecule has 2 fully saturated rings. The number of benzene rings is 1. The maximum atomic E-state index is 13.7. The first-order valence-electron chi connectivity index (χ1n) is 11.6. The number of carbonyl (C=O) groups excluding carboxylic acids is 2. The van der Waals surface area contributed by atoms with Gasteiger partial charge in [0.25, 0.3) is 11.8 Å². The summed E-state index contributed by atoms with van der Waals surface area (Å²) in [6.07, 6.45) is 3.50. The number of hydrogen-bond donors (Lipinski definition) is 3. The number of nitrogens with zero attached hydrogens (tertiary/aromatic N) is 2. The summed E-state index contributed by atoms with van der Waals surface area (Å²) in [5.41, 5.74) is 6.16. The summed E-state index contributed by atoms with van der Waals surface area (Å²) in [6.45, 7) is 1.71. The Labute approximate surface area is 196 Å². The first-order valence-corrected chi connectivity index (χ1v) is 11.6. The summed E-state index contributed by atoms with van der Waals surface area (Å²) in [6, 6.07) is 5.59. The molecule has 10 heteroatoms. The fraction of sp³-hybridized carbons (Fsp3) is 0.542. The van der Waals surface area contributed by atoms with Crippen LogP contribution in [0.15, 0.2) is 28.8 Å². The van der Waals surface area contributed by atoms with E-state index >= 15 is 0 Å². The number of aromatic nitrogens is 1. The van der Waals surface area contributed by atoms with Crippen molar-refractivity contribution in [3.8, 4) is 5.75 Å². The van der Waals surface area contributed by atoms with Gasteiger partial charge in [-0.15, -0.1) is 0 Å². The third-order valence-electron chi connectivity index (χ3n) is 6.53. The van der Waals surface area contributed by atoms with E-state index in [9.17, 15) is 23.5 Å². The number of hydrogen-bond acceptors (Lipinski definition) is 6. The van der Waals surface area contributed by atoms with Gasteiger partial charge in [-0.2, -0.15) is 0 Å². The Bertz CT molecular complexity index is 1040. The van der Waals surface area contributed by atoms with E-state index in [1.165, 1.54) is 18.2 Å². The first-order chi connectivity index (χ1) is 16.2. The van der Waals surface area contributed by atoms with Crippen molar-refractivity contribution >= 4 is 11.8 Å². The fourth-order valence-electron chi connectivity index (χ4n) is 4.34. The van der Waals surface area contributed by atoms with Gasteiger partial charge in [0.1, 0.15) is 11.5 Å². The summed E-state index contributed by atoms with van der Waals surface area (Å²) in [4.78, 5) is 27.2. The van der Waals surface area contributed by atoms with Crippen LogP contribution < -0.4 is 11.1 Å². The smallest absolute Gasteiger partial charge is 0.274 e. The van der Waals surface area contributed by atoms with Crippen molar-refractivity contribution in [3.05, 3.63) is 46.8 Å². The van der Waals surface area contributed by atoms with Crippen molar-refractivity contribution in [1.82, 2.24) is 15.4 Å². The lowest BCUT2D eigenvalue weighted by molar-refractivity contribution is -0.136. The number of aromatic hydroxyl groups is 1. The fourth-order valence-corrected chi connectivity index (χ4v) is 4.34.